The standard InChI is InChI=1S/C15H20N4O2/c1-11(2)15-18-14(21-19-15)7-6-13(20)17-10-8-12-5-3-4-9-16-12/h3-5,9,11H,6-8,10H2,1-2H3,(H,17,20). The minimum Gasteiger partial charge on any atom is -0.356 e. The molecule has 0 saturated heterocycles. The van der Waals surface area contributed by atoms with Crippen LogP contribution in [0.5, 0.6) is 0 Å². The molecule has 0 aliphatic rings. The van der Waals surface area contributed by atoms with Gasteiger partial charge < -0.3 is 9.84 Å². The Labute approximate surface area is 124 Å². The minimum atomic E-state index is -0.0183. The Hall–Kier alpha value is -2.24. The van der Waals surface area contributed by atoms with Gasteiger partial charge in [0.15, 0.2) is 5.82 Å². The van der Waals surface area contributed by atoms with Crippen LogP contribution in [0.1, 0.15) is 43.6 Å². The molecule has 1 amide bonds. The normalized spacial score (nSPS) is 10.8. The van der Waals surface area contributed by atoms with Crippen LogP contribution in [-0.4, -0.2) is 27.6 Å². The van der Waals surface area contributed by atoms with Crippen LogP contribution in [0.25, 0.3) is 0 Å². The van der Waals surface area contributed by atoms with Gasteiger partial charge in [0.25, 0.3) is 0 Å². The van der Waals surface area contributed by atoms with Gasteiger partial charge in [-0.2, -0.15) is 4.98 Å². The summed E-state index contributed by atoms with van der Waals surface area (Å²) in [6.07, 6.45) is 3.29. The summed E-state index contributed by atoms with van der Waals surface area (Å²) in [6.45, 7) is 4.58. The molecule has 0 fully saturated rings. The maximum absolute atomic E-state index is 11.7. The van der Waals surface area contributed by atoms with Gasteiger partial charge in [-0.1, -0.05) is 25.1 Å². The summed E-state index contributed by atoms with van der Waals surface area (Å²) in [5, 5.41) is 6.73. The molecule has 6 heteroatoms. The fourth-order valence-corrected chi connectivity index (χ4v) is 1.79. The Morgan fingerprint density at radius 1 is 1.33 bits per heavy atom. The predicted molar refractivity (Wildman–Crippen MR) is 77.7 cm³/mol. The second-order valence-corrected chi connectivity index (χ2v) is 5.12. The highest BCUT2D eigenvalue weighted by atomic mass is 16.5. The molecule has 6 nitrogen and oxygen atoms in total. The van der Waals surface area contributed by atoms with Crippen LogP contribution in [0.2, 0.25) is 0 Å². The van der Waals surface area contributed by atoms with E-state index in [-0.39, 0.29) is 11.8 Å². The molecule has 0 spiro atoms. The molecular formula is C15H20N4O2. The van der Waals surface area contributed by atoms with Crippen LogP contribution in [0.4, 0.5) is 0 Å². The lowest BCUT2D eigenvalue weighted by Gasteiger charge is -2.03. The molecule has 0 bridgehead atoms. The van der Waals surface area contributed by atoms with E-state index in [1.807, 2.05) is 32.0 Å². The molecular weight excluding hydrogens is 268 g/mol. The highest BCUT2D eigenvalue weighted by Crippen LogP contribution is 2.10. The van der Waals surface area contributed by atoms with Gasteiger partial charge in [0.05, 0.1) is 0 Å². The number of hydrogen-bond donors (Lipinski definition) is 1. The molecule has 0 saturated carbocycles. The third-order valence-corrected chi connectivity index (χ3v) is 3.00. The lowest BCUT2D eigenvalue weighted by molar-refractivity contribution is -0.121. The highest BCUT2D eigenvalue weighted by molar-refractivity contribution is 5.75. The highest BCUT2D eigenvalue weighted by Gasteiger charge is 2.11. The van der Waals surface area contributed by atoms with Gasteiger partial charge >= 0.3 is 0 Å². The molecule has 21 heavy (non-hydrogen) atoms. The zero-order chi connectivity index (χ0) is 15.1. The van der Waals surface area contributed by atoms with Crippen LogP contribution in [0, 0.1) is 0 Å². The zero-order valence-electron chi connectivity index (χ0n) is 12.4. The van der Waals surface area contributed by atoms with E-state index in [0.29, 0.717) is 31.1 Å². The molecule has 0 aromatic carbocycles. The SMILES string of the molecule is CC(C)c1noc(CCC(=O)NCCc2ccccn2)n1. The maximum Gasteiger partial charge on any atom is 0.227 e. The van der Waals surface area contributed by atoms with Crippen LogP contribution < -0.4 is 5.32 Å². The Kier molecular flexibility index (Phi) is 5.43. The van der Waals surface area contributed by atoms with Crippen molar-refractivity contribution in [3.63, 3.8) is 0 Å². The maximum atomic E-state index is 11.7. The topological polar surface area (TPSA) is 80.9 Å². The van der Waals surface area contributed by atoms with Crippen molar-refractivity contribution >= 4 is 5.91 Å². The number of rotatable bonds is 7. The van der Waals surface area contributed by atoms with Gasteiger partial charge in [0.2, 0.25) is 11.8 Å². The van der Waals surface area contributed by atoms with Crippen LogP contribution >= 0.6 is 0 Å². The fraction of sp³-hybridized carbons (Fsp3) is 0.467. The molecule has 2 aromatic rings. The number of carbonyl (C=O) groups is 1. The molecule has 2 rings (SSSR count). The number of aryl methyl sites for hydroxylation is 1. The molecule has 0 radical (unpaired) electrons. The third-order valence-electron chi connectivity index (χ3n) is 3.00. The van der Waals surface area contributed by atoms with E-state index in [1.54, 1.807) is 6.20 Å². The van der Waals surface area contributed by atoms with Gasteiger partial charge in [-0.25, -0.2) is 0 Å². The summed E-state index contributed by atoms with van der Waals surface area (Å²) in [5.74, 6) is 1.41. The van der Waals surface area contributed by atoms with Crippen molar-refractivity contribution in [2.45, 2.75) is 39.0 Å². The molecule has 0 unspecified atom stereocenters. The largest absolute Gasteiger partial charge is 0.356 e. The number of nitrogens with zero attached hydrogens (tertiary/aromatic N) is 3. The summed E-state index contributed by atoms with van der Waals surface area (Å²) < 4.78 is 5.10. The minimum absolute atomic E-state index is 0.0183. The second kappa shape index (κ2) is 7.52. The van der Waals surface area contributed by atoms with Gasteiger partial charge in [-0.3, -0.25) is 9.78 Å². The van der Waals surface area contributed by atoms with E-state index in [0.717, 1.165) is 12.1 Å². The fourth-order valence-electron chi connectivity index (χ4n) is 1.79. The smallest absolute Gasteiger partial charge is 0.227 e. The van der Waals surface area contributed by atoms with Crippen molar-refractivity contribution < 1.29 is 9.32 Å². The van der Waals surface area contributed by atoms with Crippen LogP contribution in [0.15, 0.2) is 28.9 Å². The van der Waals surface area contributed by atoms with Crippen molar-refractivity contribution in [1.29, 1.82) is 0 Å². The Morgan fingerprint density at radius 2 is 2.19 bits per heavy atom. The molecule has 1 N–H and O–H groups in total. The van der Waals surface area contributed by atoms with E-state index in [2.05, 4.69) is 20.4 Å². The predicted octanol–water partition coefficient (Wildman–Crippen LogP) is 1.88. The molecule has 0 aliphatic carbocycles. The van der Waals surface area contributed by atoms with Crippen molar-refractivity contribution in [2.75, 3.05) is 6.54 Å². The van der Waals surface area contributed by atoms with E-state index >= 15 is 0 Å². The number of pyridine rings is 1. The summed E-state index contributed by atoms with van der Waals surface area (Å²) in [7, 11) is 0. The first kappa shape index (κ1) is 15.2. The van der Waals surface area contributed by atoms with Crippen molar-refractivity contribution in [1.82, 2.24) is 20.4 Å². The zero-order valence-corrected chi connectivity index (χ0v) is 12.4. The van der Waals surface area contributed by atoms with E-state index in [9.17, 15) is 4.79 Å². The summed E-state index contributed by atoms with van der Waals surface area (Å²) >= 11 is 0. The van der Waals surface area contributed by atoms with E-state index in [4.69, 9.17) is 4.52 Å². The van der Waals surface area contributed by atoms with Gasteiger partial charge in [-0.05, 0) is 12.1 Å². The molecule has 2 heterocycles. The van der Waals surface area contributed by atoms with Gasteiger partial charge in [0, 0.05) is 43.6 Å². The van der Waals surface area contributed by atoms with E-state index in [1.165, 1.54) is 0 Å². The first-order valence-electron chi connectivity index (χ1n) is 7.14. The van der Waals surface area contributed by atoms with Crippen molar-refractivity contribution in [3.8, 4) is 0 Å². The van der Waals surface area contributed by atoms with Gasteiger partial charge in [-0.15, -0.1) is 0 Å². The summed E-state index contributed by atoms with van der Waals surface area (Å²) in [4.78, 5) is 20.2. The summed E-state index contributed by atoms with van der Waals surface area (Å²) in [6, 6.07) is 5.75. The van der Waals surface area contributed by atoms with Gasteiger partial charge in [0.1, 0.15) is 0 Å². The third kappa shape index (κ3) is 4.98. The number of nitrogens with one attached hydrogen (secondary N) is 1. The molecule has 112 valence electrons. The Bertz CT molecular complexity index is 566. The Morgan fingerprint density at radius 3 is 2.86 bits per heavy atom. The van der Waals surface area contributed by atoms with Crippen LogP contribution in [0.3, 0.4) is 0 Å². The average Bonchev–Trinajstić information content (AvgIpc) is 2.95. The number of aromatic nitrogens is 3. The molecule has 0 aliphatic heterocycles. The lowest BCUT2D eigenvalue weighted by atomic mass is 10.2. The average molecular weight is 288 g/mol. The van der Waals surface area contributed by atoms with E-state index < -0.39 is 0 Å². The van der Waals surface area contributed by atoms with Crippen LogP contribution in [-0.2, 0) is 17.6 Å². The molecule has 2 aromatic heterocycles. The monoisotopic (exact) mass is 288 g/mol. The lowest BCUT2D eigenvalue weighted by Crippen LogP contribution is -2.26. The summed E-state index contributed by atoms with van der Waals surface area (Å²) in [5.41, 5.74) is 0.969. The Balaban J connectivity index is 1.67. The number of hydrogen-bond acceptors (Lipinski definition) is 5. The number of amides is 1. The number of carbonyl (C=O) groups excluding carboxylic acids is 1. The van der Waals surface area contributed by atoms with Crippen molar-refractivity contribution in [3.05, 3.63) is 41.8 Å². The molecule has 0 atom stereocenters. The first-order chi connectivity index (χ1) is 10.1. The first-order valence-corrected chi connectivity index (χ1v) is 7.14. The second-order valence-electron chi connectivity index (χ2n) is 5.12. The quantitative estimate of drug-likeness (QED) is 0.841. The van der Waals surface area contributed by atoms with Crippen molar-refractivity contribution in [2.24, 2.45) is 0 Å².